The molecule has 4 heteroatoms. The van der Waals surface area contributed by atoms with Crippen LogP contribution in [-0.4, -0.2) is 5.97 Å². The number of esters is 1. The average Bonchev–Trinajstić information content (AvgIpc) is 2.53. The van der Waals surface area contributed by atoms with Crippen LogP contribution in [0.3, 0.4) is 0 Å². The molecule has 0 heterocycles. The van der Waals surface area contributed by atoms with Gasteiger partial charge in [0.25, 0.3) is 0 Å². The number of nitrogens with zero attached hydrogens (tertiary/aromatic N) is 1. The van der Waals surface area contributed by atoms with Gasteiger partial charge in [-0.05, 0) is 36.8 Å². The molecule has 22 heavy (non-hydrogen) atoms. The third-order valence-corrected chi connectivity index (χ3v) is 3.43. The summed E-state index contributed by atoms with van der Waals surface area (Å²) < 4.78 is 5.32. The van der Waals surface area contributed by atoms with E-state index in [0.717, 1.165) is 11.1 Å². The smallest absolute Gasteiger partial charge is 0.331 e. The zero-order valence-corrected chi connectivity index (χ0v) is 12.7. The summed E-state index contributed by atoms with van der Waals surface area (Å²) >= 11 is 6.07. The predicted molar refractivity (Wildman–Crippen MR) is 86.2 cm³/mol. The van der Waals surface area contributed by atoms with Crippen molar-refractivity contribution in [2.45, 2.75) is 13.0 Å². The van der Waals surface area contributed by atoms with Crippen LogP contribution in [0.2, 0.25) is 5.02 Å². The van der Waals surface area contributed by atoms with Crippen LogP contribution in [0.15, 0.2) is 54.6 Å². The molecule has 0 fully saturated rings. The first-order valence-corrected chi connectivity index (χ1v) is 7.11. The lowest BCUT2D eigenvalue weighted by Gasteiger charge is -2.13. The van der Waals surface area contributed by atoms with Crippen LogP contribution in [0.25, 0.3) is 6.08 Å². The lowest BCUT2D eigenvalue weighted by atomic mass is 10.1. The van der Waals surface area contributed by atoms with Crippen molar-refractivity contribution in [2.24, 2.45) is 0 Å². The molecular formula is C18H14ClNO2. The molecule has 0 saturated heterocycles. The number of carbonyl (C=O) groups excluding carboxylic acids is 1. The van der Waals surface area contributed by atoms with E-state index in [0.29, 0.717) is 10.6 Å². The van der Waals surface area contributed by atoms with Crippen LogP contribution in [-0.2, 0) is 9.53 Å². The number of rotatable bonds is 4. The molecule has 0 amide bonds. The molecule has 1 atom stereocenters. The molecule has 0 aliphatic rings. The van der Waals surface area contributed by atoms with E-state index in [4.69, 9.17) is 21.6 Å². The Bertz CT molecular complexity index is 729. The van der Waals surface area contributed by atoms with E-state index < -0.39 is 12.1 Å². The molecule has 2 rings (SSSR count). The maximum Gasteiger partial charge on any atom is 0.331 e. The molecule has 0 unspecified atom stereocenters. The van der Waals surface area contributed by atoms with Crippen molar-refractivity contribution in [1.29, 1.82) is 5.26 Å². The number of hydrogen-bond acceptors (Lipinski definition) is 3. The number of nitriles is 1. The molecule has 0 N–H and O–H groups in total. The molecule has 3 nitrogen and oxygen atoms in total. The van der Waals surface area contributed by atoms with Gasteiger partial charge in [0, 0.05) is 16.7 Å². The fourth-order valence-corrected chi connectivity index (χ4v) is 2.20. The van der Waals surface area contributed by atoms with Gasteiger partial charge in [-0.15, -0.1) is 0 Å². The Morgan fingerprint density at radius 1 is 1.23 bits per heavy atom. The Balaban J connectivity index is 1.99. The summed E-state index contributed by atoms with van der Waals surface area (Å²) in [5.74, 6) is -0.447. The van der Waals surface area contributed by atoms with Gasteiger partial charge in [0.15, 0.2) is 0 Å². The van der Waals surface area contributed by atoms with Crippen molar-refractivity contribution in [3.63, 3.8) is 0 Å². The second-order valence-electron chi connectivity index (χ2n) is 4.67. The van der Waals surface area contributed by atoms with Gasteiger partial charge in [-0.3, -0.25) is 0 Å². The van der Waals surface area contributed by atoms with E-state index in [-0.39, 0.29) is 0 Å². The van der Waals surface area contributed by atoms with Gasteiger partial charge in [0.05, 0.1) is 11.6 Å². The first-order chi connectivity index (χ1) is 10.6. The van der Waals surface area contributed by atoms with Crippen LogP contribution < -0.4 is 0 Å². The molecule has 0 saturated carbocycles. The number of halogens is 1. The minimum absolute atomic E-state index is 0.424. The standard InChI is InChI=1S/C18H14ClNO2/c1-13(16-4-2-3-5-17(16)19)22-18(21)11-10-14-6-8-15(12-20)9-7-14/h2-11,13H,1H3/b11-10+/t13-/m1/s1. The highest BCUT2D eigenvalue weighted by Gasteiger charge is 2.12. The summed E-state index contributed by atoms with van der Waals surface area (Å²) in [5.41, 5.74) is 2.16. The van der Waals surface area contributed by atoms with Crippen LogP contribution in [0.4, 0.5) is 0 Å². The van der Waals surface area contributed by atoms with Crippen LogP contribution in [0, 0.1) is 11.3 Å². The molecule has 2 aromatic carbocycles. The maximum atomic E-state index is 11.8. The Labute approximate surface area is 134 Å². The topological polar surface area (TPSA) is 50.1 Å². The average molecular weight is 312 g/mol. The summed E-state index contributed by atoms with van der Waals surface area (Å²) in [6.07, 6.45) is 2.57. The van der Waals surface area contributed by atoms with E-state index in [1.165, 1.54) is 6.08 Å². The third kappa shape index (κ3) is 4.21. The van der Waals surface area contributed by atoms with Crippen molar-refractivity contribution in [1.82, 2.24) is 0 Å². The zero-order chi connectivity index (χ0) is 15.9. The van der Waals surface area contributed by atoms with E-state index in [9.17, 15) is 4.79 Å². The summed E-state index contributed by atoms with van der Waals surface area (Å²) in [4.78, 5) is 11.8. The minimum atomic E-state index is -0.447. The van der Waals surface area contributed by atoms with Crippen LogP contribution >= 0.6 is 11.6 Å². The minimum Gasteiger partial charge on any atom is -0.455 e. The summed E-state index contributed by atoms with van der Waals surface area (Å²) in [6, 6.07) is 16.2. The second-order valence-corrected chi connectivity index (χ2v) is 5.07. The van der Waals surface area contributed by atoms with E-state index in [2.05, 4.69) is 0 Å². The fraction of sp³-hybridized carbons (Fsp3) is 0.111. The van der Waals surface area contributed by atoms with E-state index in [1.807, 2.05) is 24.3 Å². The van der Waals surface area contributed by atoms with Gasteiger partial charge in [-0.25, -0.2) is 4.79 Å². The monoisotopic (exact) mass is 311 g/mol. The molecule has 0 radical (unpaired) electrons. The first kappa shape index (κ1) is 15.8. The summed E-state index contributed by atoms with van der Waals surface area (Å²) in [5, 5.41) is 9.29. The lowest BCUT2D eigenvalue weighted by Crippen LogP contribution is -2.06. The lowest BCUT2D eigenvalue weighted by molar-refractivity contribution is -0.142. The predicted octanol–water partition coefficient (Wildman–Crippen LogP) is 4.53. The van der Waals surface area contributed by atoms with Crippen LogP contribution in [0.5, 0.6) is 0 Å². The van der Waals surface area contributed by atoms with Crippen molar-refractivity contribution < 1.29 is 9.53 Å². The number of benzene rings is 2. The number of ether oxygens (including phenoxy) is 1. The van der Waals surface area contributed by atoms with Gasteiger partial charge in [-0.1, -0.05) is 41.9 Å². The second kappa shape index (κ2) is 7.44. The highest BCUT2D eigenvalue weighted by atomic mass is 35.5. The van der Waals surface area contributed by atoms with Crippen LogP contribution in [0.1, 0.15) is 29.7 Å². The van der Waals surface area contributed by atoms with Crippen molar-refractivity contribution in [2.75, 3.05) is 0 Å². The first-order valence-electron chi connectivity index (χ1n) is 6.73. The largest absolute Gasteiger partial charge is 0.455 e. The van der Waals surface area contributed by atoms with Gasteiger partial charge >= 0.3 is 5.97 Å². The zero-order valence-electron chi connectivity index (χ0n) is 12.0. The molecular weight excluding hydrogens is 298 g/mol. The SMILES string of the molecule is C[C@@H](OC(=O)/C=C/c1ccc(C#N)cc1)c1ccccc1Cl. The van der Waals surface area contributed by atoms with E-state index in [1.54, 1.807) is 43.3 Å². The van der Waals surface area contributed by atoms with Gasteiger partial charge in [-0.2, -0.15) is 5.26 Å². The quantitative estimate of drug-likeness (QED) is 0.615. The van der Waals surface area contributed by atoms with E-state index >= 15 is 0 Å². The van der Waals surface area contributed by atoms with Gasteiger partial charge in [0.1, 0.15) is 6.10 Å². The third-order valence-electron chi connectivity index (χ3n) is 3.09. The molecule has 0 aliphatic heterocycles. The molecule has 0 bridgehead atoms. The van der Waals surface area contributed by atoms with Crippen molar-refractivity contribution in [3.8, 4) is 6.07 Å². The molecule has 0 aliphatic carbocycles. The molecule has 2 aromatic rings. The normalized spacial score (nSPS) is 11.9. The van der Waals surface area contributed by atoms with Gasteiger partial charge in [0.2, 0.25) is 0 Å². The fourth-order valence-electron chi connectivity index (χ4n) is 1.91. The summed E-state index contributed by atoms with van der Waals surface area (Å²) in [7, 11) is 0. The Kier molecular flexibility index (Phi) is 5.35. The van der Waals surface area contributed by atoms with Gasteiger partial charge < -0.3 is 4.74 Å². The Morgan fingerprint density at radius 3 is 2.55 bits per heavy atom. The Morgan fingerprint density at radius 2 is 1.91 bits per heavy atom. The molecule has 110 valence electrons. The van der Waals surface area contributed by atoms with Crippen molar-refractivity contribution >= 4 is 23.6 Å². The Hall–Kier alpha value is -2.57. The maximum absolute atomic E-state index is 11.8. The summed E-state index contributed by atoms with van der Waals surface area (Å²) in [6.45, 7) is 1.77. The van der Waals surface area contributed by atoms with Crippen molar-refractivity contribution in [3.05, 3.63) is 76.3 Å². The molecule has 0 spiro atoms. The number of carbonyl (C=O) groups is 1. The molecule has 0 aromatic heterocycles. The highest BCUT2D eigenvalue weighted by molar-refractivity contribution is 6.31. The highest BCUT2D eigenvalue weighted by Crippen LogP contribution is 2.25. The number of hydrogen-bond donors (Lipinski definition) is 0.